The number of aryl methyl sites for hydroxylation is 1. The monoisotopic (exact) mass is 407 g/mol. The Bertz CT molecular complexity index is 774. The molecular weight excluding hydrogens is 394 g/mol. The van der Waals surface area contributed by atoms with Gasteiger partial charge in [-0.2, -0.15) is 0 Å². The van der Waals surface area contributed by atoms with E-state index >= 15 is 0 Å². The Morgan fingerprint density at radius 2 is 1.81 bits per heavy atom. The first-order chi connectivity index (χ1) is 10.0. The van der Waals surface area contributed by atoms with Crippen LogP contribution >= 0.6 is 31.9 Å². The van der Waals surface area contributed by atoms with E-state index in [0.29, 0.717) is 0 Å². The summed E-state index contributed by atoms with van der Waals surface area (Å²) < 4.78 is 8.06. The van der Waals surface area contributed by atoms with Crippen LogP contribution in [0.15, 0.2) is 55.8 Å². The normalized spacial score (nSPS) is 12.6. The van der Waals surface area contributed by atoms with Crippen LogP contribution in [0.3, 0.4) is 0 Å². The molecule has 0 spiro atoms. The van der Waals surface area contributed by atoms with Crippen LogP contribution < -0.4 is 5.32 Å². The molecule has 2 aromatic carbocycles. The first-order valence-electron chi connectivity index (χ1n) is 6.74. The highest BCUT2D eigenvalue weighted by Gasteiger charge is 2.12. The highest BCUT2D eigenvalue weighted by Crippen LogP contribution is 2.29. The summed E-state index contributed by atoms with van der Waals surface area (Å²) in [6.45, 7) is 4.18. The van der Waals surface area contributed by atoms with Gasteiger partial charge in [-0.1, -0.05) is 31.9 Å². The van der Waals surface area contributed by atoms with Crippen molar-refractivity contribution in [2.75, 3.05) is 5.32 Å². The number of benzene rings is 2. The van der Waals surface area contributed by atoms with Gasteiger partial charge in [-0.05, 0) is 61.9 Å². The summed E-state index contributed by atoms with van der Waals surface area (Å²) in [4.78, 5) is 0. The average molecular weight is 409 g/mol. The fourth-order valence-corrected chi connectivity index (χ4v) is 3.38. The zero-order valence-corrected chi connectivity index (χ0v) is 15.0. The van der Waals surface area contributed by atoms with Crippen LogP contribution in [0.5, 0.6) is 0 Å². The summed E-state index contributed by atoms with van der Waals surface area (Å²) in [5.74, 6) is 0.931. The Labute approximate surface area is 140 Å². The summed E-state index contributed by atoms with van der Waals surface area (Å²) in [7, 11) is 0. The molecule has 1 heterocycles. The predicted octanol–water partition coefficient (Wildman–Crippen LogP) is 6.44. The lowest BCUT2D eigenvalue weighted by molar-refractivity contribution is 0.526. The van der Waals surface area contributed by atoms with Crippen LogP contribution in [0.4, 0.5) is 5.69 Å². The average Bonchev–Trinajstić information content (AvgIpc) is 2.80. The molecule has 0 aliphatic carbocycles. The number of halogens is 2. The van der Waals surface area contributed by atoms with Crippen molar-refractivity contribution in [3.8, 4) is 0 Å². The van der Waals surface area contributed by atoms with Crippen LogP contribution in [0.2, 0.25) is 0 Å². The Morgan fingerprint density at radius 3 is 2.57 bits per heavy atom. The Morgan fingerprint density at radius 1 is 1.00 bits per heavy atom. The number of nitrogens with one attached hydrogen (secondary N) is 1. The molecule has 1 aromatic heterocycles. The largest absolute Gasteiger partial charge is 0.459 e. The topological polar surface area (TPSA) is 25.2 Å². The summed E-state index contributed by atoms with van der Waals surface area (Å²) in [5.41, 5.74) is 3.20. The molecule has 0 amide bonds. The van der Waals surface area contributed by atoms with Crippen molar-refractivity contribution in [1.82, 2.24) is 0 Å². The molecule has 0 radical (unpaired) electrons. The second kappa shape index (κ2) is 5.85. The highest BCUT2D eigenvalue weighted by molar-refractivity contribution is 9.10. The molecule has 3 rings (SSSR count). The van der Waals surface area contributed by atoms with Crippen LogP contribution in [0, 0.1) is 6.92 Å². The Hall–Kier alpha value is -1.26. The molecule has 21 heavy (non-hydrogen) atoms. The zero-order chi connectivity index (χ0) is 15.0. The first-order valence-corrected chi connectivity index (χ1v) is 8.32. The van der Waals surface area contributed by atoms with Crippen molar-refractivity contribution in [2.45, 2.75) is 19.9 Å². The fraction of sp³-hybridized carbons (Fsp3) is 0.176. The molecule has 2 nitrogen and oxygen atoms in total. The number of anilines is 1. The van der Waals surface area contributed by atoms with Gasteiger partial charge in [-0.3, -0.25) is 0 Å². The molecule has 3 aromatic rings. The summed E-state index contributed by atoms with van der Waals surface area (Å²) in [6, 6.07) is 14.5. The molecule has 0 bridgehead atoms. The van der Waals surface area contributed by atoms with Gasteiger partial charge >= 0.3 is 0 Å². The van der Waals surface area contributed by atoms with E-state index in [2.05, 4.69) is 81.4 Å². The van der Waals surface area contributed by atoms with Crippen molar-refractivity contribution in [2.24, 2.45) is 0 Å². The van der Waals surface area contributed by atoms with E-state index in [4.69, 9.17) is 4.42 Å². The van der Waals surface area contributed by atoms with E-state index in [1.54, 1.807) is 0 Å². The smallest absolute Gasteiger partial charge is 0.134 e. The van der Waals surface area contributed by atoms with Gasteiger partial charge in [-0.25, -0.2) is 0 Å². The minimum absolute atomic E-state index is 0.102. The quantitative estimate of drug-likeness (QED) is 0.539. The van der Waals surface area contributed by atoms with Gasteiger partial charge in [0.05, 0.1) is 6.04 Å². The van der Waals surface area contributed by atoms with Crippen molar-refractivity contribution in [3.05, 3.63) is 62.7 Å². The van der Waals surface area contributed by atoms with Gasteiger partial charge < -0.3 is 9.73 Å². The lowest BCUT2D eigenvalue weighted by Crippen LogP contribution is -2.05. The van der Waals surface area contributed by atoms with E-state index < -0.39 is 0 Å². The molecule has 0 saturated heterocycles. The Kier molecular flexibility index (Phi) is 4.09. The van der Waals surface area contributed by atoms with Crippen molar-refractivity contribution in [1.29, 1.82) is 0 Å². The number of rotatable bonds is 3. The lowest BCUT2D eigenvalue weighted by Gasteiger charge is -2.13. The molecule has 1 unspecified atom stereocenters. The Balaban J connectivity index is 1.87. The second-order valence-corrected chi connectivity index (χ2v) is 7.05. The standard InChI is InChI=1S/C17H15Br2NO/c1-10-5-14(19)9-15(6-10)20-11(2)17-8-12-7-13(18)3-4-16(12)21-17/h3-9,11,20H,1-2H3. The molecule has 0 fully saturated rings. The summed E-state index contributed by atoms with van der Waals surface area (Å²) in [5, 5.41) is 4.59. The zero-order valence-electron chi connectivity index (χ0n) is 11.8. The lowest BCUT2D eigenvalue weighted by atomic mass is 10.2. The first kappa shape index (κ1) is 14.7. The van der Waals surface area contributed by atoms with Crippen LogP contribution in [0.25, 0.3) is 11.0 Å². The maximum atomic E-state index is 5.92. The maximum Gasteiger partial charge on any atom is 0.134 e. The van der Waals surface area contributed by atoms with E-state index in [9.17, 15) is 0 Å². The van der Waals surface area contributed by atoms with Gasteiger partial charge in [-0.15, -0.1) is 0 Å². The SMILES string of the molecule is Cc1cc(Br)cc(NC(C)c2cc3cc(Br)ccc3o2)c1. The molecule has 0 saturated carbocycles. The number of hydrogen-bond donors (Lipinski definition) is 1. The van der Waals surface area contributed by atoms with Gasteiger partial charge in [0, 0.05) is 20.0 Å². The van der Waals surface area contributed by atoms with E-state index in [1.165, 1.54) is 5.56 Å². The molecule has 1 N–H and O–H groups in total. The van der Waals surface area contributed by atoms with Gasteiger partial charge in [0.2, 0.25) is 0 Å². The second-order valence-electron chi connectivity index (χ2n) is 5.21. The summed E-state index contributed by atoms with van der Waals surface area (Å²) in [6.07, 6.45) is 0. The summed E-state index contributed by atoms with van der Waals surface area (Å²) >= 11 is 7.01. The van der Waals surface area contributed by atoms with Crippen molar-refractivity contribution >= 4 is 48.5 Å². The van der Waals surface area contributed by atoms with Crippen LogP contribution in [-0.4, -0.2) is 0 Å². The van der Waals surface area contributed by atoms with E-state index in [0.717, 1.165) is 31.4 Å². The van der Waals surface area contributed by atoms with Crippen molar-refractivity contribution in [3.63, 3.8) is 0 Å². The molecule has 1 atom stereocenters. The molecule has 4 heteroatoms. The minimum Gasteiger partial charge on any atom is -0.459 e. The number of fused-ring (bicyclic) bond motifs is 1. The fourth-order valence-electron chi connectivity index (χ4n) is 2.39. The van der Waals surface area contributed by atoms with Gasteiger partial charge in [0.1, 0.15) is 11.3 Å². The molecule has 0 aliphatic rings. The minimum atomic E-state index is 0.102. The van der Waals surface area contributed by atoms with E-state index in [-0.39, 0.29) is 6.04 Å². The molecule has 108 valence electrons. The molecule has 0 aliphatic heterocycles. The third kappa shape index (κ3) is 3.33. The number of furan rings is 1. The third-order valence-electron chi connectivity index (χ3n) is 3.35. The van der Waals surface area contributed by atoms with Crippen LogP contribution in [0.1, 0.15) is 24.3 Å². The highest BCUT2D eigenvalue weighted by atomic mass is 79.9. The van der Waals surface area contributed by atoms with Crippen molar-refractivity contribution < 1.29 is 4.42 Å². The van der Waals surface area contributed by atoms with Gasteiger partial charge in [0.15, 0.2) is 0 Å². The number of hydrogen-bond acceptors (Lipinski definition) is 2. The van der Waals surface area contributed by atoms with Gasteiger partial charge in [0.25, 0.3) is 0 Å². The van der Waals surface area contributed by atoms with E-state index in [1.807, 2.05) is 12.1 Å². The van der Waals surface area contributed by atoms with Crippen LogP contribution in [-0.2, 0) is 0 Å². The third-order valence-corrected chi connectivity index (χ3v) is 4.30. The maximum absolute atomic E-state index is 5.92. The predicted molar refractivity (Wildman–Crippen MR) is 94.8 cm³/mol. The molecular formula is C17H15Br2NO.